The molecule has 0 atom stereocenters. The fourth-order valence-electron chi connectivity index (χ4n) is 2.03. The Morgan fingerprint density at radius 2 is 1.73 bits per heavy atom. The number of hydrogen-bond acceptors (Lipinski definition) is 4. The summed E-state index contributed by atoms with van der Waals surface area (Å²) >= 11 is 0. The lowest BCUT2D eigenvalue weighted by Crippen LogP contribution is -2.09. The fourth-order valence-corrected chi connectivity index (χ4v) is 2.03. The Balaban J connectivity index is 2.14. The Morgan fingerprint density at radius 1 is 1.00 bits per heavy atom. The molecule has 0 spiro atoms. The number of methoxy groups -OCH3 is 1. The Bertz CT molecular complexity index is 632. The van der Waals surface area contributed by atoms with Crippen molar-refractivity contribution in [1.82, 2.24) is 0 Å². The summed E-state index contributed by atoms with van der Waals surface area (Å²) in [6, 6.07) is 12.4. The SMILES string of the molecule is CCOc1ccc(C(=O)Oc2ccc(CC)cc2OC)cc1. The minimum Gasteiger partial charge on any atom is -0.494 e. The van der Waals surface area contributed by atoms with Crippen molar-refractivity contribution in [3.05, 3.63) is 53.6 Å². The van der Waals surface area contributed by atoms with Crippen LogP contribution in [0.4, 0.5) is 0 Å². The lowest BCUT2D eigenvalue weighted by Gasteiger charge is -2.11. The minimum atomic E-state index is -0.425. The molecule has 0 unspecified atom stereocenters. The zero-order chi connectivity index (χ0) is 15.9. The number of rotatable bonds is 6. The Morgan fingerprint density at radius 3 is 2.32 bits per heavy atom. The van der Waals surface area contributed by atoms with Gasteiger partial charge in [0.05, 0.1) is 19.3 Å². The summed E-state index contributed by atoms with van der Waals surface area (Å²) < 4.78 is 16.0. The van der Waals surface area contributed by atoms with Crippen LogP contribution in [-0.2, 0) is 6.42 Å². The molecule has 0 aliphatic heterocycles. The van der Waals surface area contributed by atoms with Gasteiger partial charge in [0, 0.05) is 0 Å². The molecular formula is C18H20O4. The van der Waals surface area contributed by atoms with E-state index in [4.69, 9.17) is 14.2 Å². The van der Waals surface area contributed by atoms with Crippen molar-refractivity contribution < 1.29 is 19.0 Å². The number of ether oxygens (including phenoxy) is 3. The van der Waals surface area contributed by atoms with Crippen molar-refractivity contribution in [1.29, 1.82) is 0 Å². The second-order valence-electron chi connectivity index (χ2n) is 4.69. The first-order valence-corrected chi connectivity index (χ1v) is 7.29. The highest BCUT2D eigenvalue weighted by Crippen LogP contribution is 2.29. The van der Waals surface area contributed by atoms with Crippen molar-refractivity contribution in [2.45, 2.75) is 20.3 Å². The molecule has 0 radical (unpaired) electrons. The second-order valence-corrected chi connectivity index (χ2v) is 4.69. The average Bonchev–Trinajstić information content (AvgIpc) is 2.56. The molecule has 22 heavy (non-hydrogen) atoms. The molecule has 4 nitrogen and oxygen atoms in total. The number of carbonyl (C=O) groups is 1. The first kappa shape index (κ1) is 15.9. The quantitative estimate of drug-likeness (QED) is 0.600. The molecule has 0 aliphatic rings. The first-order chi connectivity index (χ1) is 10.7. The highest BCUT2D eigenvalue weighted by molar-refractivity contribution is 5.91. The van der Waals surface area contributed by atoms with Crippen LogP contribution in [0.2, 0.25) is 0 Å². The number of benzene rings is 2. The van der Waals surface area contributed by atoms with E-state index in [1.165, 1.54) is 0 Å². The van der Waals surface area contributed by atoms with E-state index in [2.05, 4.69) is 6.92 Å². The zero-order valence-corrected chi connectivity index (χ0v) is 13.1. The average molecular weight is 300 g/mol. The van der Waals surface area contributed by atoms with Crippen LogP contribution in [-0.4, -0.2) is 19.7 Å². The monoisotopic (exact) mass is 300 g/mol. The van der Waals surface area contributed by atoms with Gasteiger partial charge in [0.1, 0.15) is 5.75 Å². The van der Waals surface area contributed by atoms with Crippen LogP contribution in [0, 0.1) is 0 Å². The zero-order valence-electron chi connectivity index (χ0n) is 13.1. The van der Waals surface area contributed by atoms with Crippen LogP contribution in [0.1, 0.15) is 29.8 Å². The summed E-state index contributed by atoms with van der Waals surface area (Å²) in [5.74, 6) is 1.27. The largest absolute Gasteiger partial charge is 0.494 e. The van der Waals surface area contributed by atoms with Gasteiger partial charge in [-0.05, 0) is 55.3 Å². The summed E-state index contributed by atoms with van der Waals surface area (Å²) in [5.41, 5.74) is 1.59. The van der Waals surface area contributed by atoms with Gasteiger partial charge in [-0.3, -0.25) is 0 Å². The molecule has 116 valence electrons. The first-order valence-electron chi connectivity index (χ1n) is 7.29. The Hall–Kier alpha value is -2.49. The van der Waals surface area contributed by atoms with E-state index in [9.17, 15) is 4.79 Å². The molecule has 0 bridgehead atoms. The maximum atomic E-state index is 12.2. The molecular weight excluding hydrogens is 280 g/mol. The standard InChI is InChI=1S/C18H20O4/c1-4-13-6-11-16(17(12-13)20-3)22-18(19)14-7-9-15(10-8-14)21-5-2/h6-12H,4-5H2,1-3H3. The molecule has 0 aliphatic carbocycles. The Labute approximate surface area is 130 Å². The van der Waals surface area contributed by atoms with Crippen LogP contribution in [0.25, 0.3) is 0 Å². The van der Waals surface area contributed by atoms with E-state index in [1.807, 2.05) is 19.1 Å². The van der Waals surface area contributed by atoms with Gasteiger partial charge in [0.25, 0.3) is 0 Å². The van der Waals surface area contributed by atoms with Crippen LogP contribution in [0.15, 0.2) is 42.5 Å². The van der Waals surface area contributed by atoms with E-state index < -0.39 is 5.97 Å². The van der Waals surface area contributed by atoms with Crippen LogP contribution in [0.3, 0.4) is 0 Å². The molecule has 0 N–H and O–H groups in total. The fraction of sp³-hybridized carbons (Fsp3) is 0.278. The molecule has 0 aromatic heterocycles. The number of aryl methyl sites for hydroxylation is 1. The summed E-state index contributed by atoms with van der Waals surface area (Å²) in [7, 11) is 1.56. The van der Waals surface area contributed by atoms with Crippen molar-refractivity contribution in [3.8, 4) is 17.2 Å². The molecule has 0 heterocycles. The van der Waals surface area contributed by atoms with E-state index in [-0.39, 0.29) is 0 Å². The van der Waals surface area contributed by atoms with Crippen molar-refractivity contribution in [2.75, 3.05) is 13.7 Å². The Kier molecular flexibility index (Phi) is 5.42. The normalized spacial score (nSPS) is 10.1. The van der Waals surface area contributed by atoms with Crippen LogP contribution >= 0.6 is 0 Å². The summed E-state index contributed by atoms with van der Waals surface area (Å²) in [6.45, 7) is 4.56. The number of hydrogen-bond donors (Lipinski definition) is 0. The van der Waals surface area contributed by atoms with Crippen molar-refractivity contribution in [2.24, 2.45) is 0 Å². The second kappa shape index (κ2) is 7.50. The highest BCUT2D eigenvalue weighted by atomic mass is 16.6. The van der Waals surface area contributed by atoms with Gasteiger partial charge in [-0.2, -0.15) is 0 Å². The van der Waals surface area contributed by atoms with Gasteiger partial charge < -0.3 is 14.2 Å². The molecule has 2 aromatic rings. The number of esters is 1. The maximum absolute atomic E-state index is 12.2. The highest BCUT2D eigenvalue weighted by Gasteiger charge is 2.13. The van der Waals surface area contributed by atoms with Crippen molar-refractivity contribution in [3.63, 3.8) is 0 Å². The predicted octanol–water partition coefficient (Wildman–Crippen LogP) is 3.88. The van der Waals surface area contributed by atoms with Crippen LogP contribution in [0.5, 0.6) is 17.2 Å². The summed E-state index contributed by atoms with van der Waals surface area (Å²) in [6.07, 6.45) is 0.892. The van der Waals surface area contributed by atoms with Crippen molar-refractivity contribution >= 4 is 5.97 Å². The maximum Gasteiger partial charge on any atom is 0.343 e. The molecule has 2 aromatic carbocycles. The molecule has 4 heteroatoms. The molecule has 0 amide bonds. The molecule has 0 fully saturated rings. The lowest BCUT2D eigenvalue weighted by atomic mass is 10.1. The summed E-state index contributed by atoms with van der Waals surface area (Å²) in [4.78, 5) is 12.2. The van der Waals surface area contributed by atoms with Gasteiger partial charge >= 0.3 is 5.97 Å². The van der Waals surface area contributed by atoms with Gasteiger partial charge in [0.2, 0.25) is 0 Å². The molecule has 0 saturated carbocycles. The smallest absolute Gasteiger partial charge is 0.343 e. The molecule has 2 rings (SSSR count). The minimum absolute atomic E-state index is 0.415. The number of carbonyl (C=O) groups excluding carboxylic acids is 1. The van der Waals surface area contributed by atoms with Gasteiger partial charge in [-0.25, -0.2) is 4.79 Å². The van der Waals surface area contributed by atoms with Gasteiger partial charge in [-0.1, -0.05) is 13.0 Å². The van der Waals surface area contributed by atoms with E-state index >= 15 is 0 Å². The summed E-state index contributed by atoms with van der Waals surface area (Å²) in [5, 5.41) is 0. The van der Waals surface area contributed by atoms with Gasteiger partial charge in [-0.15, -0.1) is 0 Å². The van der Waals surface area contributed by atoms with E-state index in [0.29, 0.717) is 23.7 Å². The van der Waals surface area contributed by atoms with Crippen LogP contribution < -0.4 is 14.2 Å². The topological polar surface area (TPSA) is 44.8 Å². The molecule has 0 saturated heterocycles. The third kappa shape index (κ3) is 3.79. The third-order valence-electron chi connectivity index (χ3n) is 3.24. The van der Waals surface area contributed by atoms with E-state index in [0.717, 1.165) is 17.7 Å². The predicted molar refractivity (Wildman–Crippen MR) is 84.9 cm³/mol. The lowest BCUT2D eigenvalue weighted by molar-refractivity contribution is 0.0729. The third-order valence-corrected chi connectivity index (χ3v) is 3.24. The van der Waals surface area contributed by atoms with E-state index in [1.54, 1.807) is 37.4 Å². The van der Waals surface area contributed by atoms with Gasteiger partial charge in [0.15, 0.2) is 11.5 Å².